The fraction of sp³-hybridized carbons (Fsp3) is 0.556. The van der Waals surface area contributed by atoms with Gasteiger partial charge in [-0.3, -0.25) is 9.59 Å². The van der Waals surface area contributed by atoms with Crippen LogP contribution in [-0.2, 0) is 4.79 Å². The van der Waals surface area contributed by atoms with Crippen LogP contribution in [0.4, 0.5) is 0 Å². The van der Waals surface area contributed by atoms with Crippen LogP contribution in [0.25, 0.3) is 0 Å². The van der Waals surface area contributed by atoms with E-state index in [0.717, 1.165) is 12.8 Å². The van der Waals surface area contributed by atoms with E-state index in [0.29, 0.717) is 49.0 Å². The number of rotatable bonds is 7. The maximum Gasteiger partial charge on any atom is 0.254 e. The number of nitrogens with two attached hydrogens (primary N) is 1. The van der Waals surface area contributed by atoms with Crippen LogP contribution in [0.1, 0.15) is 23.2 Å². The highest BCUT2D eigenvalue weighted by atomic mass is 16.5. The largest absolute Gasteiger partial charge is 0.493 e. The molecule has 8 nitrogen and oxygen atoms in total. The van der Waals surface area contributed by atoms with E-state index in [4.69, 9.17) is 19.9 Å². The standard InChI is InChI=1S/C18H27N3O5/c1-24-14-9-13(10-15(25-2)16(14)26-3)18(23)21-8-4-5-12(11-21)17(22)20-7-6-19/h9-10,12H,4-8,11,19H2,1-3H3,(H,20,22). The predicted octanol–water partition coefficient (Wildman–Crippen LogP) is 0.640. The van der Waals surface area contributed by atoms with Gasteiger partial charge in [0.05, 0.1) is 27.2 Å². The van der Waals surface area contributed by atoms with Crippen LogP contribution in [0.2, 0.25) is 0 Å². The number of piperidine rings is 1. The second-order valence-electron chi connectivity index (χ2n) is 6.08. The lowest BCUT2D eigenvalue weighted by atomic mass is 9.96. The molecule has 0 radical (unpaired) electrons. The molecule has 1 aliphatic rings. The summed E-state index contributed by atoms with van der Waals surface area (Å²) in [6.45, 7) is 1.82. The molecule has 144 valence electrons. The Bertz CT molecular complexity index is 625. The number of carbonyl (C=O) groups is 2. The summed E-state index contributed by atoms with van der Waals surface area (Å²) in [6, 6.07) is 3.25. The van der Waals surface area contributed by atoms with E-state index in [1.54, 1.807) is 17.0 Å². The Hall–Kier alpha value is -2.48. The van der Waals surface area contributed by atoms with Gasteiger partial charge in [0.2, 0.25) is 11.7 Å². The quantitative estimate of drug-likeness (QED) is 0.735. The number of likely N-dealkylation sites (tertiary alicyclic amines) is 1. The molecule has 1 aliphatic heterocycles. The van der Waals surface area contributed by atoms with Gasteiger partial charge >= 0.3 is 0 Å². The van der Waals surface area contributed by atoms with Crippen LogP contribution in [0.3, 0.4) is 0 Å². The second kappa shape index (κ2) is 9.28. The van der Waals surface area contributed by atoms with E-state index in [-0.39, 0.29) is 17.7 Å². The topological polar surface area (TPSA) is 103 Å². The molecule has 1 fully saturated rings. The normalized spacial score (nSPS) is 16.8. The Morgan fingerprint density at radius 3 is 2.38 bits per heavy atom. The molecule has 3 N–H and O–H groups in total. The Balaban J connectivity index is 2.18. The highest BCUT2D eigenvalue weighted by Crippen LogP contribution is 2.38. The number of nitrogens with zero attached hydrogens (tertiary/aromatic N) is 1. The summed E-state index contributed by atoms with van der Waals surface area (Å²) >= 11 is 0. The zero-order chi connectivity index (χ0) is 19.1. The fourth-order valence-corrected chi connectivity index (χ4v) is 3.10. The summed E-state index contributed by atoms with van der Waals surface area (Å²) in [4.78, 5) is 26.8. The number of ether oxygens (including phenoxy) is 3. The van der Waals surface area contributed by atoms with E-state index in [1.165, 1.54) is 21.3 Å². The van der Waals surface area contributed by atoms with Crippen molar-refractivity contribution in [1.82, 2.24) is 10.2 Å². The Labute approximate surface area is 153 Å². The van der Waals surface area contributed by atoms with Gasteiger partial charge in [-0.1, -0.05) is 0 Å². The third kappa shape index (κ3) is 4.37. The van der Waals surface area contributed by atoms with Gasteiger partial charge in [-0.2, -0.15) is 0 Å². The van der Waals surface area contributed by atoms with Crippen molar-refractivity contribution in [3.05, 3.63) is 17.7 Å². The van der Waals surface area contributed by atoms with Gasteiger partial charge in [-0.15, -0.1) is 0 Å². The van der Waals surface area contributed by atoms with E-state index in [2.05, 4.69) is 5.32 Å². The van der Waals surface area contributed by atoms with Crippen molar-refractivity contribution in [1.29, 1.82) is 0 Å². The molecular formula is C18H27N3O5. The monoisotopic (exact) mass is 365 g/mol. The number of hydrogen-bond donors (Lipinski definition) is 2. The van der Waals surface area contributed by atoms with Gasteiger partial charge in [0.15, 0.2) is 11.5 Å². The number of hydrogen-bond acceptors (Lipinski definition) is 6. The van der Waals surface area contributed by atoms with Crippen LogP contribution >= 0.6 is 0 Å². The van der Waals surface area contributed by atoms with Crippen molar-refractivity contribution in [2.75, 3.05) is 47.5 Å². The summed E-state index contributed by atoms with van der Waals surface area (Å²) in [6.07, 6.45) is 1.53. The van der Waals surface area contributed by atoms with Crippen molar-refractivity contribution in [3.63, 3.8) is 0 Å². The van der Waals surface area contributed by atoms with E-state index in [9.17, 15) is 9.59 Å². The third-order valence-corrected chi connectivity index (χ3v) is 4.43. The lowest BCUT2D eigenvalue weighted by molar-refractivity contribution is -0.126. The third-order valence-electron chi connectivity index (χ3n) is 4.43. The zero-order valence-corrected chi connectivity index (χ0v) is 15.5. The van der Waals surface area contributed by atoms with Crippen molar-refractivity contribution < 1.29 is 23.8 Å². The van der Waals surface area contributed by atoms with Crippen molar-refractivity contribution in [2.24, 2.45) is 11.7 Å². The average molecular weight is 365 g/mol. The van der Waals surface area contributed by atoms with Gasteiger partial charge in [0.1, 0.15) is 0 Å². The van der Waals surface area contributed by atoms with E-state index in [1.807, 2.05) is 0 Å². The minimum atomic E-state index is -0.221. The number of methoxy groups -OCH3 is 3. The number of benzene rings is 1. The molecule has 0 aromatic heterocycles. The van der Waals surface area contributed by atoms with Gasteiger partial charge < -0.3 is 30.2 Å². The minimum Gasteiger partial charge on any atom is -0.493 e. The lowest BCUT2D eigenvalue weighted by Gasteiger charge is -2.32. The highest BCUT2D eigenvalue weighted by Gasteiger charge is 2.29. The summed E-state index contributed by atoms with van der Waals surface area (Å²) in [5.74, 6) is 0.831. The first-order valence-corrected chi connectivity index (χ1v) is 8.62. The van der Waals surface area contributed by atoms with Crippen molar-refractivity contribution >= 4 is 11.8 Å². The zero-order valence-electron chi connectivity index (χ0n) is 15.5. The Morgan fingerprint density at radius 2 is 1.85 bits per heavy atom. The number of carbonyl (C=O) groups excluding carboxylic acids is 2. The lowest BCUT2D eigenvalue weighted by Crippen LogP contribution is -2.46. The molecule has 0 spiro atoms. The first-order chi connectivity index (χ1) is 12.5. The van der Waals surface area contributed by atoms with E-state index < -0.39 is 0 Å². The maximum atomic E-state index is 12.9. The molecule has 1 aromatic carbocycles. The molecule has 0 bridgehead atoms. The molecule has 8 heteroatoms. The Kier molecular flexibility index (Phi) is 7.08. The molecule has 1 unspecified atom stereocenters. The second-order valence-corrected chi connectivity index (χ2v) is 6.08. The highest BCUT2D eigenvalue weighted by molar-refractivity contribution is 5.96. The first-order valence-electron chi connectivity index (χ1n) is 8.62. The summed E-state index contributed by atoms with van der Waals surface area (Å²) < 4.78 is 15.9. The molecular weight excluding hydrogens is 338 g/mol. The van der Waals surface area contributed by atoms with Crippen LogP contribution < -0.4 is 25.3 Å². The summed E-state index contributed by atoms with van der Waals surface area (Å²) in [5.41, 5.74) is 5.86. The minimum absolute atomic E-state index is 0.0576. The average Bonchev–Trinajstić information content (AvgIpc) is 2.70. The fourth-order valence-electron chi connectivity index (χ4n) is 3.10. The smallest absolute Gasteiger partial charge is 0.254 e. The van der Waals surface area contributed by atoms with Gasteiger partial charge in [0, 0.05) is 31.7 Å². The maximum absolute atomic E-state index is 12.9. The molecule has 1 heterocycles. The van der Waals surface area contributed by atoms with Gasteiger partial charge in [-0.05, 0) is 25.0 Å². The Morgan fingerprint density at radius 1 is 1.19 bits per heavy atom. The van der Waals surface area contributed by atoms with Gasteiger partial charge in [0.25, 0.3) is 5.91 Å². The molecule has 1 aromatic rings. The molecule has 0 aliphatic carbocycles. The van der Waals surface area contributed by atoms with Crippen LogP contribution in [0.5, 0.6) is 17.2 Å². The van der Waals surface area contributed by atoms with Crippen molar-refractivity contribution in [3.8, 4) is 17.2 Å². The number of amides is 2. The first kappa shape index (κ1) is 19.8. The van der Waals surface area contributed by atoms with E-state index >= 15 is 0 Å². The molecule has 2 amide bonds. The predicted molar refractivity (Wildman–Crippen MR) is 96.8 cm³/mol. The molecule has 1 atom stereocenters. The number of nitrogens with one attached hydrogen (secondary N) is 1. The van der Waals surface area contributed by atoms with Gasteiger partial charge in [-0.25, -0.2) is 0 Å². The molecule has 2 rings (SSSR count). The van der Waals surface area contributed by atoms with Crippen LogP contribution in [-0.4, -0.2) is 64.2 Å². The summed E-state index contributed by atoms with van der Waals surface area (Å²) in [7, 11) is 4.52. The van der Waals surface area contributed by atoms with Crippen LogP contribution in [0.15, 0.2) is 12.1 Å². The summed E-state index contributed by atoms with van der Waals surface area (Å²) in [5, 5.41) is 2.79. The molecule has 1 saturated heterocycles. The SMILES string of the molecule is COc1cc(C(=O)N2CCCC(C(=O)NCCN)C2)cc(OC)c1OC. The molecule has 0 saturated carbocycles. The molecule has 26 heavy (non-hydrogen) atoms. The van der Waals surface area contributed by atoms with Crippen molar-refractivity contribution in [2.45, 2.75) is 12.8 Å². The van der Waals surface area contributed by atoms with Crippen LogP contribution in [0, 0.1) is 5.92 Å².